The normalized spacial score (nSPS) is 13.5. The summed E-state index contributed by atoms with van der Waals surface area (Å²) >= 11 is 0. The third kappa shape index (κ3) is 3.63. The van der Waals surface area contributed by atoms with Gasteiger partial charge in [-0.25, -0.2) is 0 Å². The van der Waals surface area contributed by atoms with Gasteiger partial charge < -0.3 is 10.6 Å². The quantitative estimate of drug-likeness (QED) is 0.885. The minimum atomic E-state index is -4.24. The summed E-state index contributed by atoms with van der Waals surface area (Å²) in [6.07, 6.45) is -4.32. The average Bonchev–Trinajstić information content (AvgIpc) is 2.24. The molecule has 1 rings (SSSR count). The van der Waals surface area contributed by atoms with Gasteiger partial charge in [-0.05, 0) is 30.7 Å². The standard InChI is InChI=1S/C12H17F3N2/c1-17(2)10-5-3-9(4-6-10)11(7-8-16)12(13,14)15/h3-6,11H,7-8,16H2,1-2H3. The molecule has 0 bridgehead atoms. The number of nitrogens with zero attached hydrogens (tertiary/aromatic N) is 1. The van der Waals surface area contributed by atoms with E-state index >= 15 is 0 Å². The number of hydrogen-bond donors (Lipinski definition) is 1. The predicted molar refractivity (Wildman–Crippen MR) is 63.2 cm³/mol. The number of halogens is 3. The highest BCUT2D eigenvalue weighted by Crippen LogP contribution is 2.37. The summed E-state index contributed by atoms with van der Waals surface area (Å²) < 4.78 is 38.4. The van der Waals surface area contributed by atoms with Crippen molar-refractivity contribution in [2.24, 2.45) is 5.73 Å². The Bertz CT molecular complexity index is 344. The molecule has 0 saturated carbocycles. The van der Waals surface area contributed by atoms with Crippen molar-refractivity contribution in [1.29, 1.82) is 0 Å². The van der Waals surface area contributed by atoms with E-state index in [2.05, 4.69) is 0 Å². The van der Waals surface area contributed by atoms with Crippen molar-refractivity contribution in [2.45, 2.75) is 18.5 Å². The van der Waals surface area contributed by atoms with Gasteiger partial charge in [-0.1, -0.05) is 12.1 Å². The lowest BCUT2D eigenvalue weighted by molar-refractivity contribution is -0.151. The van der Waals surface area contributed by atoms with Crippen molar-refractivity contribution < 1.29 is 13.2 Å². The summed E-state index contributed by atoms with van der Waals surface area (Å²) in [6.45, 7) is 0.0274. The SMILES string of the molecule is CN(C)c1ccc(C(CCN)C(F)(F)F)cc1. The molecule has 0 amide bonds. The van der Waals surface area contributed by atoms with Crippen molar-refractivity contribution in [3.63, 3.8) is 0 Å². The fourth-order valence-corrected chi connectivity index (χ4v) is 1.69. The van der Waals surface area contributed by atoms with E-state index in [1.54, 1.807) is 12.1 Å². The van der Waals surface area contributed by atoms with E-state index in [0.29, 0.717) is 0 Å². The fraction of sp³-hybridized carbons (Fsp3) is 0.500. The van der Waals surface area contributed by atoms with Gasteiger partial charge in [0.25, 0.3) is 0 Å². The summed E-state index contributed by atoms with van der Waals surface area (Å²) in [5.41, 5.74) is 6.38. The van der Waals surface area contributed by atoms with E-state index in [1.807, 2.05) is 19.0 Å². The zero-order valence-corrected chi connectivity index (χ0v) is 9.96. The Morgan fingerprint density at radius 3 is 2.06 bits per heavy atom. The van der Waals surface area contributed by atoms with Gasteiger partial charge in [0.15, 0.2) is 0 Å². The molecule has 0 saturated heterocycles. The molecule has 0 aliphatic heterocycles. The number of alkyl halides is 3. The van der Waals surface area contributed by atoms with Crippen LogP contribution >= 0.6 is 0 Å². The topological polar surface area (TPSA) is 29.3 Å². The van der Waals surface area contributed by atoms with Gasteiger partial charge in [-0.2, -0.15) is 13.2 Å². The lowest BCUT2D eigenvalue weighted by Crippen LogP contribution is -2.23. The summed E-state index contributed by atoms with van der Waals surface area (Å²) in [4.78, 5) is 1.84. The Hall–Kier alpha value is -1.23. The molecule has 0 aliphatic rings. The molecule has 0 aliphatic carbocycles. The van der Waals surface area contributed by atoms with Crippen LogP contribution in [0.5, 0.6) is 0 Å². The summed E-state index contributed by atoms with van der Waals surface area (Å²) in [6, 6.07) is 6.40. The van der Waals surface area contributed by atoms with Gasteiger partial charge in [0.05, 0.1) is 5.92 Å². The molecule has 1 aromatic carbocycles. The van der Waals surface area contributed by atoms with Crippen molar-refractivity contribution in [2.75, 3.05) is 25.5 Å². The minimum absolute atomic E-state index is 0.0274. The molecule has 0 spiro atoms. The van der Waals surface area contributed by atoms with Crippen LogP contribution in [0.4, 0.5) is 18.9 Å². The van der Waals surface area contributed by atoms with Crippen LogP contribution in [0.25, 0.3) is 0 Å². The van der Waals surface area contributed by atoms with Gasteiger partial charge in [-0.3, -0.25) is 0 Å². The molecular weight excluding hydrogens is 229 g/mol. The van der Waals surface area contributed by atoms with Crippen LogP contribution in [0.3, 0.4) is 0 Å². The van der Waals surface area contributed by atoms with Crippen LogP contribution in [0, 0.1) is 0 Å². The zero-order chi connectivity index (χ0) is 13.1. The lowest BCUT2D eigenvalue weighted by Gasteiger charge is -2.21. The first-order valence-electron chi connectivity index (χ1n) is 5.40. The second-order valence-electron chi connectivity index (χ2n) is 4.16. The molecule has 0 radical (unpaired) electrons. The monoisotopic (exact) mass is 246 g/mol. The first-order valence-corrected chi connectivity index (χ1v) is 5.40. The first kappa shape index (κ1) is 13.8. The summed E-state index contributed by atoms with van der Waals surface area (Å²) in [5, 5.41) is 0. The molecule has 1 aromatic rings. The number of benzene rings is 1. The van der Waals surface area contributed by atoms with E-state index in [9.17, 15) is 13.2 Å². The highest BCUT2D eigenvalue weighted by molar-refractivity contribution is 5.46. The van der Waals surface area contributed by atoms with Crippen LogP contribution in [-0.2, 0) is 0 Å². The zero-order valence-electron chi connectivity index (χ0n) is 9.96. The molecule has 2 nitrogen and oxygen atoms in total. The second kappa shape index (κ2) is 5.40. The maximum atomic E-state index is 12.8. The Kier molecular flexibility index (Phi) is 4.40. The van der Waals surface area contributed by atoms with Gasteiger partial charge >= 0.3 is 6.18 Å². The Morgan fingerprint density at radius 1 is 1.18 bits per heavy atom. The van der Waals surface area contributed by atoms with Crippen molar-refractivity contribution in [3.8, 4) is 0 Å². The molecule has 0 heterocycles. The van der Waals surface area contributed by atoms with Gasteiger partial charge in [0.2, 0.25) is 0 Å². The average molecular weight is 246 g/mol. The molecule has 2 N–H and O–H groups in total. The maximum Gasteiger partial charge on any atom is 0.395 e. The van der Waals surface area contributed by atoms with Crippen molar-refractivity contribution >= 4 is 5.69 Å². The van der Waals surface area contributed by atoms with Crippen molar-refractivity contribution in [3.05, 3.63) is 29.8 Å². The second-order valence-corrected chi connectivity index (χ2v) is 4.16. The van der Waals surface area contributed by atoms with Gasteiger partial charge in [-0.15, -0.1) is 0 Å². The Balaban J connectivity index is 2.95. The molecule has 17 heavy (non-hydrogen) atoms. The van der Waals surface area contributed by atoms with Crippen LogP contribution in [0.15, 0.2) is 24.3 Å². The Morgan fingerprint density at radius 2 is 1.71 bits per heavy atom. The van der Waals surface area contributed by atoms with E-state index in [-0.39, 0.29) is 18.5 Å². The fourth-order valence-electron chi connectivity index (χ4n) is 1.69. The lowest BCUT2D eigenvalue weighted by atomic mass is 9.95. The van der Waals surface area contributed by atoms with E-state index in [1.165, 1.54) is 12.1 Å². The number of nitrogens with two attached hydrogens (primary N) is 1. The molecule has 1 atom stereocenters. The number of anilines is 1. The highest BCUT2D eigenvalue weighted by Gasteiger charge is 2.39. The number of hydrogen-bond acceptors (Lipinski definition) is 2. The molecular formula is C12H17F3N2. The molecule has 1 unspecified atom stereocenters. The predicted octanol–water partition coefficient (Wildman–Crippen LogP) is 2.75. The van der Waals surface area contributed by atoms with Crippen molar-refractivity contribution in [1.82, 2.24) is 0 Å². The smallest absolute Gasteiger partial charge is 0.378 e. The van der Waals surface area contributed by atoms with Crippen LogP contribution in [-0.4, -0.2) is 26.8 Å². The van der Waals surface area contributed by atoms with Crippen LogP contribution in [0.1, 0.15) is 17.9 Å². The molecule has 5 heteroatoms. The number of rotatable bonds is 4. The third-order valence-corrected chi connectivity index (χ3v) is 2.66. The minimum Gasteiger partial charge on any atom is -0.378 e. The van der Waals surface area contributed by atoms with E-state index < -0.39 is 12.1 Å². The molecule has 0 aromatic heterocycles. The Labute approximate surface area is 99.2 Å². The third-order valence-electron chi connectivity index (χ3n) is 2.66. The summed E-state index contributed by atoms with van der Waals surface area (Å²) in [7, 11) is 3.69. The molecule has 0 fully saturated rings. The first-order chi connectivity index (χ1) is 7.86. The molecule has 96 valence electrons. The van der Waals surface area contributed by atoms with E-state index in [0.717, 1.165) is 5.69 Å². The maximum absolute atomic E-state index is 12.8. The van der Waals surface area contributed by atoms with Gasteiger partial charge in [0.1, 0.15) is 0 Å². The van der Waals surface area contributed by atoms with Gasteiger partial charge in [0, 0.05) is 19.8 Å². The van der Waals surface area contributed by atoms with E-state index in [4.69, 9.17) is 5.73 Å². The van der Waals surface area contributed by atoms with Crippen LogP contribution in [0.2, 0.25) is 0 Å². The van der Waals surface area contributed by atoms with Crippen LogP contribution < -0.4 is 10.6 Å². The largest absolute Gasteiger partial charge is 0.395 e. The summed E-state index contributed by atoms with van der Waals surface area (Å²) in [5.74, 6) is -1.47. The highest BCUT2D eigenvalue weighted by atomic mass is 19.4.